The Balaban J connectivity index is 1.65. The van der Waals surface area contributed by atoms with E-state index in [1.807, 2.05) is 0 Å². The third-order valence-corrected chi connectivity index (χ3v) is 3.91. The van der Waals surface area contributed by atoms with Gasteiger partial charge in [0.1, 0.15) is 19.0 Å². The Bertz CT molecular complexity index is 851. The van der Waals surface area contributed by atoms with Gasteiger partial charge in [0, 0.05) is 18.1 Å². The van der Waals surface area contributed by atoms with Crippen LogP contribution in [-0.2, 0) is 9.53 Å². The first kappa shape index (κ1) is 15.4. The SMILES string of the molecule is CC(=O)N1N=C(c2ccc3c(c2)OCCO3)OC1c1ccc(F)cc1. The molecule has 0 aliphatic carbocycles. The molecule has 0 spiro atoms. The second kappa shape index (κ2) is 6.08. The van der Waals surface area contributed by atoms with Gasteiger partial charge in [-0.2, -0.15) is 5.01 Å². The molecule has 1 unspecified atom stereocenters. The van der Waals surface area contributed by atoms with Crippen molar-refractivity contribution in [3.05, 3.63) is 59.4 Å². The van der Waals surface area contributed by atoms with Gasteiger partial charge in [-0.25, -0.2) is 4.39 Å². The minimum Gasteiger partial charge on any atom is -0.486 e. The number of benzene rings is 2. The second-order valence-electron chi connectivity index (χ2n) is 5.65. The second-order valence-corrected chi connectivity index (χ2v) is 5.65. The number of hydrogen-bond donors (Lipinski definition) is 0. The third kappa shape index (κ3) is 2.88. The molecule has 2 heterocycles. The molecular weight excluding hydrogens is 327 g/mol. The lowest BCUT2D eigenvalue weighted by molar-refractivity contribution is -0.135. The maximum Gasteiger partial charge on any atom is 0.243 e. The fraction of sp³-hybridized carbons (Fsp3) is 0.222. The van der Waals surface area contributed by atoms with Crippen molar-refractivity contribution in [2.75, 3.05) is 13.2 Å². The number of carbonyl (C=O) groups excluding carboxylic acids is 1. The lowest BCUT2D eigenvalue weighted by Gasteiger charge is -2.20. The number of nitrogens with zero attached hydrogens (tertiary/aromatic N) is 2. The molecule has 2 aromatic carbocycles. The molecule has 2 aliphatic heterocycles. The van der Waals surface area contributed by atoms with E-state index >= 15 is 0 Å². The molecule has 0 fully saturated rings. The van der Waals surface area contributed by atoms with Crippen LogP contribution in [0.4, 0.5) is 4.39 Å². The van der Waals surface area contributed by atoms with E-state index in [4.69, 9.17) is 14.2 Å². The monoisotopic (exact) mass is 342 g/mol. The first-order valence-electron chi connectivity index (χ1n) is 7.82. The predicted molar refractivity (Wildman–Crippen MR) is 86.7 cm³/mol. The third-order valence-electron chi connectivity index (χ3n) is 3.91. The van der Waals surface area contributed by atoms with Gasteiger partial charge < -0.3 is 14.2 Å². The van der Waals surface area contributed by atoms with Crippen molar-refractivity contribution in [1.29, 1.82) is 0 Å². The number of fused-ring (bicyclic) bond motifs is 1. The summed E-state index contributed by atoms with van der Waals surface area (Å²) in [6.45, 7) is 2.38. The molecule has 1 atom stereocenters. The summed E-state index contributed by atoms with van der Waals surface area (Å²) in [6.07, 6.45) is -0.735. The zero-order valence-electron chi connectivity index (χ0n) is 13.4. The highest BCUT2D eigenvalue weighted by Gasteiger charge is 2.33. The largest absolute Gasteiger partial charge is 0.486 e. The van der Waals surface area contributed by atoms with Crippen molar-refractivity contribution < 1.29 is 23.4 Å². The first-order valence-corrected chi connectivity index (χ1v) is 7.82. The van der Waals surface area contributed by atoms with Crippen LogP contribution in [0.3, 0.4) is 0 Å². The Kier molecular flexibility index (Phi) is 3.76. The van der Waals surface area contributed by atoms with E-state index in [1.165, 1.54) is 24.1 Å². The topological polar surface area (TPSA) is 60.4 Å². The number of halogens is 1. The van der Waals surface area contributed by atoms with Crippen molar-refractivity contribution >= 4 is 11.8 Å². The molecule has 0 radical (unpaired) electrons. The van der Waals surface area contributed by atoms with Gasteiger partial charge in [-0.1, -0.05) is 12.1 Å². The molecule has 0 aromatic heterocycles. The van der Waals surface area contributed by atoms with Crippen LogP contribution in [0, 0.1) is 5.82 Å². The van der Waals surface area contributed by atoms with Crippen LogP contribution in [0.5, 0.6) is 11.5 Å². The van der Waals surface area contributed by atoms with Crippen LogP contribution in [0.15, 0.2) is 47.6 Å². The highest BCUT2D eigenvalue weighted by molar-refractivity contribution is 5.97. The van der Waals surface area contributed by atoms with Crippen LogP contribution < -0.4 is 9.47 Å². The Hall–Kier alpha value is -3.09. The van der Waals surface area contributed by atoms with Crippen molar-refractivity contribution in [3.8, 4) is 11.5 Å². The van der Waals surface area contributed by atoms with Gasteiger partial charge >= 0.3 is 0 Å². The lowest BCUT2D eigenvalue weighted by Crippen LogP contribution is -2.25. The van der Waals surface area contributed by atoms with Gasteiger partial charge in [0.05, 0.1) is 0 Å². The average Bonchev–Trinajstić information content (AvgIpc) is 3.07. The van der Waals surface area contributed by atoms with Crippen molar-refractivity contribution in [3.63, 3.8) is 0 Å². The molecular formula is C18H15FN2O4. The van der Waals surface area contributed by atoms with E-state index in [-0.39, 0.29) is 11.7 Å². The molecule has 128 valence electrons. The van der Waals surface area contributed by atoms with E-state index in [0.717, 1.165) is 0 Å². The molecule has 6 nitrogen and oxygen atoms in total. The molecule has 0 bridgehead atoms. The zero-order valence-corrected chi connectivity index (χ0v) is 13.4. The number of ether oxygens (including phenoxy) is 3. The van der Waals surface area contributed by atoms with Crippen LogP contribution in [0.25, 0.3) is 0 Å². The standard InChI is InChI=1S/C18H15FN2O4/c1-11(22)21-18(12-2-5-14(19)6-3-12)25-17(20-21)13-4-7-15-16(10-13)24-9-8-23-15/h2-7,10,18H,8-9H2,1H3. The first-order chi connectivity index (χ1) is 12.1. The number of hydrogen-bond acceptors (Lipinski definition) is 5. The van der Waals surface area contributed by atoms with Gasteiger partial charge in [-0.15, -0.1) is 5.10 Å². The van der Waals surface area contributed by atoms with Crippen molar-refractivity contribution in [2.24, 2.45) is 5.10 Å². The maximum absolute atomic E-state index is 13.2. The van der Waals surface area contributed by atoms with E-state index in [9.17, 15) is 9.18 Å². The number of hydrazone groups is 1. The van der Waals surface area contributed by atoms with Gasteiger partial charge in [0.25, 0.3) is 0 Å². The summed E-state index contributed by atoms with van der Waals surface area (Å²) < 4.78 is 30.1. The van der Waals surface area contributed by atoms with Crippen LogP contribution in [0.1, 0.15) is 24.3 Å². The van der Waals surface area contributed by atoms with E-state index < -0.39 is 6.23 Å². The average molecular weight is 342 g/mol. The Morgan fingerprint density at radius 3 is 2.56 bits per heavy atom. The fourth-order valence-corrected chi connectivity index (χ4v) is 2.70. The Morgan fingerprint density at radius 2 is 1.84 bits per heavy atom. The number of carbonyl (C=O) groups is 1. The molecule has 0 saturated carbocycles. The lowest BCUT2D eigenvalue weighted by atomic mass is 10.2. The molecule has 0 N–H and O–H groups in total. The normalized spacial score (nSPS) is 18.6. The molecule has 7 heteroatoms. The van der Waals surface area contributed by atoms with E-state index in [2.05, 4.69) is 5.10 Å². The summed E-state index contributed by atoms with van der Waals surface area (Å²) in [5.41, 5.74) is 1.30. The summed E-state index contributed by atoms with van der Waals surface area (Å²) in [5, 5.41) is 5.51. The maximum atomic E-state index is 13.2. The molecule has 4 rings (SSSR count). The molecule has 2 aromatic rings. The van der Waals surface area contributed by atoms with Gasteiger partial charge in [-0.3, -0.25) is 4.79 Å². The highest BCUT2D eigenvalue weighted by atomic mass is 19.1. The summed E-state index contributed by atoms with van der Waals surface area (Å²) in [4.78, 5) is 11.9. The van der Waals surface area contributed by atoms with E-state index in [0.29, 0.717) is 41.7 Å². The molecule has 2 aliphatic rings. The molecule has 0 saturated heterocycles. The molecule has 1 amide bonds. The van der Waals surface area contributed by atoms with Crippen LogP contribution >= 0.6 is 0 Å². The quantitative estimate of drug-likeness (QED) is 0.842. The van der Waals surface area contributed by atoms with E-state index in [1.54, 1.807) is 30.3 Å². The minimum atomic E-state index is -0.735. The van der Waals surface area contributed by atoms with Crippen LogP contribution in [0.2, 0.25) is 0 Å². The van der Waals surface area contributed by atoms with Crippen molar-refractivity contribution in [2.45, 2.75) is 13.2 Å². The predicted octanol–water partition coefficient (Wildman–Crippen LogP) is 2.84. The van der Waals surface area contributed by atoms with Gasteiger partial charge in [0.2, 0.25) is 18.0 Å². The van der Waals surface area contributed by atoms with Crippen LogP contribution in [-0.4, -0.2) is 30.0 Å². The smallest absolute Gasteiger partial charge is 0.243 e. The minimum absolute atomic E-state index is 0.276. The summed E-state index contributed by atoms with van der Waals surface area (Å²) in [5.74, 6) is 0.925. The fourth-order valence-electron chi connectivity index (χ4n) is 2.70. The summed E-state index contributed by atoms with van der Waals surface area (Å²) in [6, 6.07) is 11.1. The summed E-state index contributed by atoms with van der Waals surface area (Å²) in [7, 11) is 0. The van der Waals surface area contributed by atoms with Gasteiger partial charge in [-0.05, 0) is 30.3 Å². The van der Waals surface area contributed by atoms with Gasteiger partial charge in [0.15, 0.2) is 11.5 Å². The zero-order chi connectivity index (χ0) is 17.4. The van der Waals surface area contributed by atoms with Crippen molar-refractivity contribution in [1.82, 2.24) is 5.01 Å². The highest BCUT2D eigenvalue weighted by Crippen LogP contribution is 2.34. The number of amides is 1. The Labute approximate surface area is 143 Å². The Morgan fingerprint density at radius 1 is 1.12 bits per heavy atom. The molecule has 25 heavy (non-hydrogen) atoms. The summed E-state index contributed by atoms with van der Waals surface area (Å²) >= 11 is 0. The number of rotatable bonds is 2.